The minimum Gasteiger partial charge on any atom is -0.299 e. The van der Waals surface area contributed by atoms with Crippen molar-refractivity contribution in [1.29, 1.82) is 0 Å². The summed E-state index contributed by atoms with van der Waals surface area (Å²) >= 11 is 0. The fourth-order valence-corrected chi connectivity index (χ4v) is 2.12. The molecular weight excluding hydrogens is 158 g/mol. The lowest BCUT2D eigenvalue weighted by Gasteiger charge is -2.33. The van der Waals surface area contributed by atoms with Crippen molar-refractivity contribution in [3.8, 4) is 12.3 Å². The highest BCUT2D eigenvalue weighted by Crippen LogP contribution is 2.24. The van der Waals surface area contributed by atoms with E-state index in [1.165, 1.54) is 25.7 Å². The van der Waals surface area contributed by atoms with Crippen LogP contribution < -0.4 is 5.32 Å². The van der Waals surface area contributed by atoms with Crippen LogP contribution in [0.15, 0.2) is 0 Å². The molecule has 74 valence electrons. The van der Waals surface area contributed by atoms with Crippen molar-refractivity contribution in [2.75, 3.05) is 0 Å². The highest BCUT2D eigenvalue weighted by Gasteiger charge is 2.23. The SMILES string of the molecule is C#CC(C)(C)NC1CCCC(C)C1. The van der Waals surface area contributed by atoms with Crippen LogP contribution in [0, 0.1) is 18.3 Å². The van der Waals surface area contributed by atoms with Gasteiger partial charge in [0.05, 0.1) is 5.54 Å². The fraction of sp³-hybridized carbons (Fsp3) is 0.833. The second-order valence-electron chi connectivity index (χ2n) is 4.88. The van der Waals surface area contributed by atoms with E-state index in [0.717, 1.165) is 5.92 Å². The zero-order chi connectivity index (χ0) is 9.90. The molecule has 0 amide bonds. The first-order valence-electron chi connectivity index (χ1n) is 5.29. The monoisotopic (exact) mass is 179 g/mol. The Bertz CT molecular complexity index is 200. The maximum absolute atomic E-state index is 5.45. The summed E-state index contributed by atoms with van der Waals surface area (Å²) in [7, 11) is 0. The van der Waals surface area contributed by atoms with Gasteiger partial charge >= 0.3 is 0 Å². The fourth-order valence-electron chi connectivity index (χ4n) is 2.12. The zero-order valence-corrected chi connectivity index (χ0v) is 9.06. The molecule has 1 rings (SSSR count). The molecule has 1 nitrogen and oxygen atoms in total. The molecule has 0 radical (unpaired) electrons. The molecule has 13 heavy (non-hydrogen) atoms. The molecule has 0 spiro atoms. The predicted molar refractivity (Wildman–Crippen MR) is 57.5 cm³/mol. The molecule has 0 saturated heterocycles. The van der Waals surface area contributed by atoms with Gasteiger partial charge in [-0.3, -0.25) is 5.32 Å². The van der Waals surface area contributed by atoms with Gasteiger partial charge in [0.2, 0.25) is 0 Å². The topological polar surface area (TPSA) is 12.0 Å². The van der Waals surface area contributed by atoms with E-state index < -0.39 is 0 Å². The molecule has 1 saturated carbocycles. The quantitative estimate of drug-likeness (QED) is 0.642. The third kappa shape index (κ3) is 3.40. The van der Waals surface area contributed by atoms with Crippen molar-refractivity contribution < 1.29 is 0 Å². The molecule has 1 N–H and O–H groups in total. The Morgan fingerprint density at radius 2 is 2.08 bits per heavy atom. The Labute approximate surface area is 82.3 Å². The van der Waals surface area contributed by atoms with Gasteiger partial charge in [0.25, 0.3) is 0 Å². The van der Waals surface area contributed by atoms with Gasteiger partial charge < -0.3 is 0 Å². The first kappa shape index (κ1) is 10.6. The molecule has 0 aliphatic heterocycles. The first-order valence-corrected chi connectivity index (χ1v) is 5.29. The van der Waals surface area contributed by atoms with Gasteiger partial charge in [0.1, 0.15) is 0 Å². The van der Waals surface area contributed by atoms with Gasteiger partial charge in [-0.05, 0) is 32.6 Å². The molecule has 2 unspecified atom stereocenters. The largest absolute Gasteiger partial charge is 0.299 e. The van der Waals surface area contributed by atoms with E-state index in [1.54, 1.807) is 0 Å². The number of terminal acetylenes is 1. The summed E-state index contributed by atoms with van der Waals surface area (Å²) < 4.78 is 0. The van der Waals surface area contributed by atoms with Crippen LogP contribution in [0.5, 0.6) is 0 Å². The van der Waals surface area contributed by atoms with E-state index in [4.69, 9.17) is 6.42 Å². The lowest BCUT2D eigenvalue weighted by atomic mass is 9.86. The standard InChI is InChI=1S/C12H21N/c1-5-12(3,4)13-11-8-6-7-10(2)9-11/h1,10-11,13H,6-9H2,2-4H3. The van der Waals surface area contributed by atoms with Gasteiger partial charge in [0.15, 0.2) is 0 Å². The Morgan fingerprint density at radius 1 is 1.38 bits per heavy atom. The van der Waals surface area contributed by atoms with E-state index in [9.17, 15) is 0 Å². The number of nitrogens with one attached hydrogen (secondary N) is 1. The summed E-state index contributed by atoms with van der Waals surface area (Å²) in [4.78, 5) is 0. The molecule has 0 bridgehead atoms. The van der Waals surface area contributed by atoms with E-state index in [-0.39, 0.29) is 5.54 Å². The molecule has 0 aromatic heterocycles. The van der Waals surface area contributed by atoms with Gasteiger partial charge in [0, 0.05) is 6.04 Å². The average molecular weight is 179 g/mol. The highest BCUT2D eigenvalue weighted by atomic mass is 15.0. The first-order chi connectivity index (χ1) is 6.03. The van der Waals surface area contributed by atoms with Gasteiger partial charge in [-0.1, -0.05) is 25.7 Å². The van der Waals surface area contributed by atoms with Crippen molar-refractivity contribution in [2.24, 2.45) is 5.92 Å². The maximum atomic E-state index is 5.45. The van der Waals surface area contributed by atoms with Crippen molar-refractivity contribution in [3.05, 3.63) is 0 Å². The molecule has 2 atom stereocenters. The van der Waals surface area contributed by atoms with Crippen molar-refractivity contribution in [1.82, 2.24) is 5.32 Å². The smallest absolute Gasteiger partial charge is 0.0743 e. The van der Waals surface area contributed by atoms with Crippen molar-refractivity contribution >= 4 is 0 Å². The molecule has 0 aromatic rings. The average Bonchev–Trinajstić information content (AvgIpc) is 2.03. The second kappa shape index (κ2) is 4.15. The third-order valence-corrected chi connectivity index (χ3v) is 2.86. The van der Waals surface area contributed by atoms with Crippen LogP contribution in [-0.2, 0) is 0 Å². The molecule has 1 aliphatic carbocycles. The summed E-state index contributed by atoms with van der Waals surface area (Å²) in [5, 5.41) is 3.54. The van der Waals surface area contributed by atoms with Gasteiger partial charge in [-0.25, -0.2) is 0 Å². The Balaban J connectivity index is 2.41. The van der Waals surface area contributed by atoms with Crippen LogP contribution in [0.25, 0.3) is 0 Å². The Morgan fingerprint density at radius 3 is 2.62 bits per heavy atom. The van der Waals surface area contributed by atoms with E-state index in [2.05, 4.69) is 32.0 Å². The summed E-state index contributed by atoms with van der Waals surface area (Å²) in [6, 6.07) is 0.634. The summed E-state index contributed by atoms with van der Waals surface area (Å²) in [6.07, 6.45) is 10.7. The van der Waals surface area contributed by atoms with E-state index >= 15 is 0 Å². The highest BCUT2D eigenvalue weighted by molar-refractivity contribution is 5.08. The van der Waals surface area contributed by atoms with Crippen LogP contribution in [0.1, 0.15) is 46.5 Å². The van der Waals surface area contributed by atoms with Crippen LogP contribution in [0.2, 0.25) is 0 Å². The summed E-state index contributed by atoms with van der Waals surface area (Å²) in [5.41, 5.74) is -0.137. The maximum Gasteiger partial charge on any atom is 0.0743 e. The summed E-state index contributed by atoms with van der Waals surface area (Å²) in [5.74, 6) is 3.65. The van der Waals surface area contributed by atoms with Crippen molar-refractivity contribution in [3.63, 3.8) is 0 Å². The second-order valence-corrected chi connectivity index (χ2v) is 4.88. The molecular formula is C12H21N. The number of hydrogen-bond acceptors (Lipinski definition) is 1. The minimum atomic E-state index is -0.137. The van der Waals surface area contributed by atoms with Crippen LogP contribution >= 0.6 is 0 Å². The molecule has 1 fully saturated rings. The minimum absolute atomic E-state index is 0.137. The molecule has 1 heteroatoms. The van der Waals surface area contributed by atoms with Gasteiger partial charge in [-0.15, -0.1) is 6.42 Å². The molecule has 1 aliphatic rings. The van der Waals surface area contributed by atoms with Crippen LogP contribution in [0.3, 0.4) is 0 Å². The number of hydrogen-bond donors (Lipinski definition) is 1. The summed E-state index contributed by atoms with van der Waals surface area (Å²) in [6.45, 7) is 6.48. The van der Waals surface area contributed by atoms with Crippen LogP contribution in [0.4, 0.5) is 0 Å². The predicted octanol–water partition coefficient (Wildman–Crippen LogP) is 2.57. The Kier molecular flexibility index (Phi) is 3.39. The molecule has 0 aromatic carbocycles. The third-order valence-electron chi connectivity index (χ3n) is 2.86. The Hall–Kier alpha value is -0.480. The lowest BCUT2D eigenvalue weighted by Crippen LogP contribution is -2.46. The zero-order valence-electron chi connectivity index (χ0n) is 9.06. The normalized spacial score (nSPS) is 29.7. The van der Waals surface area contributed by atoms with E-state index in [1.807, 2.05) is 0 Å². The van der Waals surface area contributed by atoms with Crippen LogP contribution in [-0.4, -0.2) is 11.6 Å². The lowest BCUT2D eigenvalue weighted by molar-refractivity contribution is 0.270. The van der Waals surface area contributed by atoms with E-state index in [0.29, 0.717) is 6.04 Å². The van der Waals surface area contributed by atoms with Crippen molar-refractivity contribution in [2.45, 2.75) is 58.0 Å². The van der Waals surface area contributed by atoms with Gasteiger partial charge in [-0.2, -0.15) is 0 Å². The number of rotatable bonds is 2. The molecule has 0 heterocycles.